The Morgan fingerprint density at radius 2 is 2.00 bits per heavy atom. The van der Waals surface area contributed by atoms with Crippen LogP contribution >= 0.6 is 11.6 Å². The second-order valence-electron chi connectivity index (χ2n) is 4.36. The minimum Gasteiger partial charge on any atom is -0.319 e. The summed E-state index contributed by atoms with van der Waals surface area (Å²) in [4.78, 5) is 8.67. The van der Waals surface area contributed by atoms with Crippen LogP contribution in [-0.4, -0.2) is 14.5 Å². The van der Waals surface area contributed by atoms with Gasteiger partial charge in [0.25, 0.3) is 0 Å². The quantitative estimate of drug-likeness (QED) is 0.667. The summed E-state index contributed by atoms with van der Waals surface area (Å²) in [6.07, 6.45) is 1.58. The lowest BCUT2D eigenvalue weighted by atomic mass is 10.1. The van der Waals surface area contributed by atoms with E-state index in [1.54, 1.807) is 6.33 Å². The van der Waals surface area contributed by atoms with Crippen molar-refractivity contribution in [3.63, 3.8) is 0 Å². The Balaban J connectivity index is 2.33. The van der Waals surface area contributed by atoms with Crippen LogP contribution in [-0.2, 0) is 7.05 Å². The second-order valence-corrected chi connectivity index (χ2v) is 4.74. The molecule has 0 bridgehead atoms. The van der Waals surface area contributed by atoms with Crippen LogP contribution < -0.4 is 0 Å². The van der Waals surface area contributed by atoms with Gasteiger partial charge in [0.1, 0.15) is 17.1 Å². The predicted octanol–water partition coefficient (Wildman–Crippen LogP) is 3.60. The normalized spacial score (nSPS) is 11.1. The topological polar surface area (TPSA) is 30.7 Å². The molecule has 90 valence electrons. The van der Waals surface area contributed by atoms with E-state index in [2.05, 4.69) is 35.1 Å². The molecule has 3 nitrogen and oxygen atoms in total. The van der Waals surface area contributed by atoms with Crippen LogP contribution in [0, 0.1) is 6.92 Å². The fourth-order valence-corrected chi connectivity index (χ4v) is 2.32. The fraction of sp³-hybridized carbons (Fsp3) is 0.143. The summed E-state index contributed by atoms with van der Waals surface area (Å²) >= 11 is 6.14. The minimum atomic E-state index is 0.666. The number of nitrogens with zero attached hydrogens (tertiary/aromatic N) is 3. The average Bonchev–Trinajstić information content (AvgIpc) is 2.65. The van der Waals surface area contributed by atoms with Gasteiger partial charge in [-0.15, -0.1) is 0 Å². The smallest absolute Gasteiger partial charge is 0.144 e. The highest BCUT2D eigenvalue weighted by atomic mass is 35.5. The highest BCUT2D eigenvalue weighted by Crippen LogP contribution is 2.29. The van der Waals surface area contributed by atoms with Gasteiger partial charge in [-0.3, -0.25) is 0 Å². The van der Waals surface area contributed by atoms with Crippen LogP contribution in [0.25, 0.3) is 22.3 Å². The molecule has 4 heteroatoms. The lowest BCUT2D eigenvalue weighted by Crippen LogP contribution is -1.92. The van der Waals surface area contributed by atoms with E-state index in [1.807, 2.05) is 23.7 Å². The molecule has 0 aliphatic rings. The van der Waals surface area contributed by atoms with Crippen LogP contribution in [0.4, 0.5) is 0 Å². The molecule has 2 aromatic heterocycles. The summed E-state index contributed by atoms with van der Waals surface area (Å²) in [5.74, 6) is 0. The van der Waals surface area contributed by atoms with Gasteiger partial charge in [-0.25, -0.2) is 9.97 Å². The van der Waals surface area contributed by atoms with Crippen LogP contribution in [0.1, 0.15) is 5.56 Å². The Hall–Kier alpha value is -1.87. The molecule has 0 N–H and O–H groups in total. The van der Waals surface area contributed by atoms with Crippen molar-refractivity contribution in [1.82, 2.24) is 14.5 Å². The Morgan fingerprint density at radius 1 is 1.17 bits per heavy atom. The molecule has 0 saturated carbocycles. The van der Waals surface area contributed by atoms with E-state index < -0.39 is 0 Å². The van der Waals surface area contributed by atoms with Crippen molar-refractivity contribution < 1.29 is 0 Å². The molecule has 0 atom stereocenters. The van der Waals surface area contributed by atoms with Gasteiger partial charge in [-0.2, -0.15) is 0 Å². The van der Waals surface area contributed by atoms with E-state index in [0.717, 1.165) is 22.3 Å². The van der Waals surface area contributed by atoms with Gasteiger partial charge in [0.15, 0.2) is 0 Å². The molecule has 2 heterocycles. The Labute approximate surface area is 110 Å². The predicted molar refractivity (Wildman–Crippen MR) is 73.7 cm³/mol. The van der Waals surface area contributed by atoms with Crippen molar-refractivity contribution in [2.75, 3.05) is 0 Å². The van der Waals surface area contributed by atoms with E-state index >= 15 is 0 Å². The van der Waals surface area contributed by atoms with Crippen molar-refractivity contribution in [3.8, 4) is 11.3 Å². The number of fused-ring (bicyclic) bond motifs is 1. The highest BCUT2D eigenvalue weighted by molar-refractivity contribution is 6.31. The number of halogens is 1. The van der Waals surface area contributed by atoms with Gasteiger partial charge in [-0.05, 0) is 19.1 Å². The minimum absolute atomic E-state index is 0.666. The number of benzene rings is 1. The van der Waals surface area contributed by atoms with E-state index in [-0.39, 0.29) is 0 Å². The third-order valence-corrected chi connectivity index (χ3v) is 3.42. The lowest BCUT2D eigenvalue weighted by molar-refractivity contribution is 0.945. The zero-order valence-corrected chi connectivity index (χ0v) is 10.9. The maximum Gasteiger partial charge on any atom is 0.144 e. The maximum absolute atomic E-state index is 6.14. The van der Waals surface area contributed by atoms with Gasteiger partial charge in [0.2, 0.25) is 0 Å². The zero-order chi connectivity index (χ0) is 12.7. The largest absolute Gasteiger partial charge is 0.319 e. The van der Waals surface area contributed by atoms with E-state index in [0.29, 0.717) is 5.15 Å². The number of hydrogen-bond acceptors (Lipinski definition) is 2. The zero-order valence-electron chi connectivity index (χ0n) is 10.2. The first-order valence-electron chi connectivity index (χ1n) is 5.70. The van der Waals surface area contributed by atoms with Gasteiger partial charge < -0.3 is 4.57 Å². The molecule has 3 rings (SSSR count). The highest BCUT2D eigenvalue weighted by Gasteiger charge is 2.11. The first-order valence-corrected chi connectivity index (χ1v) is 6.07. The molecule has 0 aliphatic carbocycles. The second kappa shape index (κ2) is 4.10. The number of hydrogen-bond donors (Lipinski definition) is 0. The van der Waals surface area contributed by atoms with Crippen molar-refractivity contribution in [3.05, 3.63) is 47.4 Å². The summed E-state index contributed by atoms with van der Waals surface area (Å²) in [6.45, 7) is 2.07. The molecule has 0 radical (unpaired) electrons. The summed E-state index contributed by atoms with van der Waals surface area (Å²) in [5.41, 5.74) is 4.07. The molecule has 3 aromatic rings. The Bertz CT molecular complexity index is 731. The molecule has 0 unspecified atom stereocenters. The van der Waals surface area contributed by atoms with Crippen molar-refractivity contribution in [2.45, 2.75) is 6.92 Å². The van der Waals surface area contributed by atoms with E-state index in [1.165, 1.54) is 5.56 Å². The van der Waals surface area contributed by atoms with Crippen LogP contribution in [0.3, 0.4) is 0 Å². The average molecular weight is 258 g/mol. The number of aromatic nitrogens is 3. The van der Waals surface area contributed by atoms with Gasteiger partial charge in [-0.1, -0.05) is 35.4 Å². The third kappa shape index (κ3) is 1.68. The Morgan fingerprint density at radius 3 is 2.78 bits per heavy atom. The third-order valence-electron chi connectivity index (χ3n) is 3.06. The fourth-order valence-electron chi connectivity index (χ4n) is 2.13. The van der Waals surface area contributed by atoms with Crippen molar-refractivity contribution in [2.24, 2.45) is 7.05 Å². The molecule has 0 fully saturated rings. The monoisotopic (exact) mass is 257 g/mol. The van der Waals surface area contributed by atoms with Crippen molar-refractivity contribution in [1.29, 1.82) is 0 Å². The van der Waals surface area contributed by atoms with Crippen LogP contribution in [0.5, 0.6) is 0 Å². The molecule has 0 spiro atoms. The molecular formula is C14H12ClN3. The summed E-state index contributed by atoms with van der Waals surface area (Å²) in [5, 5.41) is 1.65. The molecular weight excluding hydrogens is 246 g/mol. The Kier molecular flexibility index (Phi) is 2.56. The standard InChI is InChI=1S/C14H12ClN3/c1-9-4-3-5-10(6-9)13-11-7-12(15)18(2)14(11)17-8-16-13/h3-8H,1-2H3. The molecule has 0 saturated heterocycles. The SMILES string of the molecule is Cc1cccc(-c2ncnc3c2cc(Cl)n3C)c1. The molecule has 0 amide bonds. The molecule has 1 aromatic carbocycles. The van der Waals surface area contributed by atoms with E-state index in [9.17, 15) is 0 Å². The number of aryl methyl sites for hydroxylation is 2. The maximum atomic E-state index is 6.14. The lowest BCUT2D eigenvalue weighted by Gasteiger charge is -2.03. The van der Waals surface area contributed by atoms with E-state index in [4.69, 9.17) is 11.6 Å². The first kappa shape index (κ1) is 11.2. The molecule has 18 heavy (non-hydrogen) atoms. The summed E-state index contributed by atoms with van der Waals surface area (Å²) in [7, 11) is 1.90. The summed E-state index contributed by atoms with van der Waals surface area (Å²) in [6, 6.07) is 10.2. The summed E-state index contributed by atoms with van der Waals surface area (Å²) < 4.78 is 1.86. The van der Waals surface area contributed by atoms with Gasteiger partial charge in [0.05, 0.1) is 5.69 Å². The first-order chi connectivity index (χ1) is 8.66. The van der Waals surface area contributed by atoms with Crippen molar-refractivity contribution >= 4 is 22.6 Å². The van der Waals surface area contributed by atoms with Gasteiger partial charge >= 0.3 is 0 Å². The van der Waals surface area contributed by atoms with Gasteiger partial charge in [0, 0.05) is 18.0 Å². The number of rotatable bonds is 1. The van der Waals surface area contributed by atoms with Crippen LogP contribution in [0.15, 0.2) is 36.7 Å². The molecule has 0 aliphatic heterocycles. The van der Waals surface area contributed by atoms with Crippen LogP contribution in [0.2, 0.25) is 5.15 Å².